The third-order valence-corrected chi connectivity index (χ3v) is 4.07. The third kappa shape index (κ3) is 3.25. The van der Waals surface area contributed by atoms with E-state index < -0.39 is 6.10 Å². The molecule has 0 radical (unpaired) electrons. The molecule has 4 heteroatoms. The van der Waals surface area contributed by atoms with Gasteiger partial charge in [0.05, 0.1) is 11.8 Å². The summed E-state index contributed by atoms with van der Waals surface area (Å²) in [6.07, 6.45) is 1.49. The Morgan fingerprint density at radius 1 is 1.37 bits per heavy atom. The van der Waals surface area contributed by atoms with Gasteiger partial charge in [0, 0.05) is 13.1 Å². The molecule has 1 N–H and O–H groups in total. The van der Waals surface area contributed by atoms with E-state index in [0.717, 1.165) is 25.9 Å². The monoisotopic (exact) mass is 266 g/mol. The van der Waals surface area contributed by atoms with Crippen LogP contribution in [0, 0.1) is 5.82 Å². The maximum atomic E-state index is 14.1. The van der Waals surface area contributed by atoms with Gasteiger partial charge in [-0.3, -0.25) is 0 Å². The van der Waals surface area contributed by atoms with Gasteiger partial charge in [0.1, 0.15) is 5.82 Å². The summed E-state index contributed by atoms with van der Waals surface area (Å²) < 4.78 is 14.1. The van der Waals surface area contributed by atoms with Crippen molar-refractivity contribution in [1.82, 2.24) is 4.90 Å². The van der Waals surface area contributed by atoms with Gasteiger partial charge in [-0.05, 0) is 57.6 Å². The average Bonchev–Trinajstić information content (AvgIpc) is 2.38. The van der Waals surface area contributed by atoms with E-state index in [2.05, 4.69) is 11.9 Å². The Balaban J connectivity index is 2.12. The molecule has 19 heavy (non-hydrogen) atoms. The van der Waals surface area contributed by atoms with Crippen molar-refractivity contribution in [2.75, 3.05) is 32.1 Å². The van der Waals surface area contributed by atoms with Gasteiger partial charge < -0.3 is 14.9 Å². The summed E-state index contributed by atoms with van der Waals surface area (Å²) in [5.74, 6) is -0.250. The maximum absolute atomic E-state index is 14.1. The van der Waals surface area contributed by atoms with Crippen LogP contribution in [0.25, 0.3) is 0 Å². The smallest absolute Gasteiger partial charge is 0.146 e. The molecule has 0 spiro atoms. The topological polar surface area (TPSA) is 26.7 Å². The molecule has 1 heterocycles. The SMILES string of the molecule is C[C@H](O)c1ccc(N(C)C2CCN(C)CC2)c(F)c1. The van der Waals surface area contributed by atoms with Crippen LogP contribution >= 0.6 is 0 Å². The van der Waals surface area contributed by atoms with Crippen LogP contribution in [0.1, 0.15) is 31.4 Å². The number of rotatable bonds is 3. The van der Waals surface area contributed by atoms with E-state index in [-0.39, 0.29) is 5.82 Å². The van der Waals surface area contributed by atoms with Crippen molar-refractivity contribution in [1.29, 1.82) is 0 Å². The highest BCUT2D eigenvalue weighted by Crippen LogP contribution is 2.26. The van der Waals surface area contributed by atoms with Gasteiger partial charge in [-0.2, -0.15) is 0 Å². The van der Waals surface area contributed by atoms with Gasteiger partial charge in [-0.25, -0.2) is 4.39 Å². The maximum Gasteiger partial charge on any atom is 0.146 e. The molecule has 2 rings (SSSR count). The van der Waals surface area contributed by atoms with Gasteiger partial charge in [0.15, 0.2) is 0 Å². The van der Waals surface area contributed by atoms with Gasteiger partial charge in [0.2, 0.25) is 0 Å². The van der Waals surface area contributed by atoms with Crippen LogP contribution in [0.5, 0.6) is 0 Å². The van der Waals surface area contributed by atoms with Gasteiger partial charge >= 0.3 is 0 Å². The predicted molar refractivity (Wildman–Crippen MR) is 76.0 cm³/mol. The second-order valence-corrected chi connectivity index (χ2v) is 5.53. The van der Waals surface area contributed by atoms with Crippen molar-refractivity contribution in [2.24, 2.45) is 0 Å². The standard InChI is InChI=1S/C15H23FN2O/c1-11(19)12-4-5-15(14(16)10-12)18(3)13-6-8-17(2)9-7-13/h4-5,10-11,13,19H,6-9H2,1-3H3/t11-/m0/s1. The van der Waals surface area contributed by atoms with E-state index in [1.165, 1.54) is 6.07 Å². The minimum Gasteiger partial charge on any atom is -0.389 e. The number of aliphatic hydroxyl groups is 1. The van der Waals surface area contributed by atoms with E-state index in [4.69, 9.17) is 0 Å². The Kier molecular flexibility index (Phi) is 4.42. The number of benzene rings is 1. The highest BCUT2D eigenvalue weighted by molar-refractivity contribution is 5.49. The summed E-state index contributed by atoms with van der Waals surface area (Å²) in [7, 11) is 4.07. The zero-order chi connectivity index (χ0) is 14.0. The van der Waals surface area contributed by atoms with Crippen LogP contribution in [0.15, 0.2) is 18.2 Å². The quantitative estimate of drug-likeness (QED) is 0.910. The first kappa shape index (κ1) is 14.3. The summed E-state index contributed by atoms with van der Waals surface area (Å²) >= 11 is 0. The molecule has 1 aliphatic rings. The van der Waals surface area contributed by atoms with Crippen molar-refractivity contribution in [2.45, 2.75) is 31.9 Å². The average molecular weight is 266 g/mol. The van der Waals surface area contributed by atoms with Gasteiger partial charge in [0.25, 0.3) is 0 Å². The lowest BCUT2D eigenvalue weighted by molar-refractivity contribution is 0.199. The molecule has 1 saturated heterocycles. The summed E-state index contributed by atoms with van der Waals surface area (Å²) in [5.41, 5.74) is 1.25. The van der Waals surface area contributed by atoms with E-state index in [1.54, 1.807) is 19.1 Å². The molecule has 1 aliphatic heterocycles. The number of hydrogen-bond acceptors (Lipinski definition) is 3. The summed E-state index contributed by atoms with van der Waals surface area (Å²) in [4.78, 5) is 4.34. The number of likely N-dealkylation sites (tertiary alicyclic amines) is 1. The van der Waals surface area contributed by atoms with Crippen LogP contribution in [0.4, 0.5) is 10.1 Å². The summed E-state index contributed by atoms with van der Waals surface area (Å²) in [6.45, 7) is 3.76. The minimum absolute atomic E-state index is 0.250. The fourth-order valence-corrected chi connectivity index (χ4v) is 2.65. The van der Waals surface area contributed by atoms with Gasteiger partial charge in [-0.1, -0.05) is 6.07 Å². The fraction of sp³-hybridized carbons (Fsp3) is 0.600. The van der Waals surface area contributed by atoms with E-state index in [9.17, 15) is 9.50 Å². The molecule has 0 aromatic heterocycles. The zero-order valence-corrected chi connectivity index (χ0v) is 11.9. The molecule has 0 amide bonds. The van der Waals surface area contributed by atoms with Crippen LogP contribution in [0.3, 0.4) is 0 Å². The first-order valence-corrected chi connectivity index (χ1v) is 6.88. The Morgan fingerprint density at radius 3 is 2.53 bits per heavy atom. The van der Waals surface area contributed by atoms with Gasteiger partial charge in [-0.15, -0.1) is 0 Å². The first-order chi connectivity index (χ1) is 8.99. The van der Waals surface area contributed by atoms with Crippen molar-refractivity contribution in [3.8, 4) is 0 Å². The number of piperidine rings is 1. The normalized spacial score (nSPS) is 19.4. The summed E-state index contributed by atoms with van der Waals surface area (Å²) in [6, 6.07) is 5.40. The Morgan fingerprint density at radius 2 is 2.00 bits per heavy atom. The molecule has 1 atom stereocenters. The molecule has 0 unspecified atom stereocenters. The number of nitrogens with zero attached hydrogens (tertiary/aromatic N) is 2. The van der Waals surface area contributed by atoms with Crippen LogP contribution in [-0.2, 0) is 0 Å². The molecule has 0 aliphatic carbocycles. The molecular formula is C15H23FN2O. The molecule has 3 nitrogen and oxygen atoms in total. The predicted octanol–water partition coefficient (Wildman–Crippen LogP) is 2.41. The number of hydrogen-bond donors (Lipinski definition) is 1. The van der Waals surface area contributed by atoms with Crippen molar-refractivity contribution >= 4 is 5.69 Å². The zero-order valence-electron chi connectivity index (χ0n) is 11.9. The Hall–Kier alpha value is -1.13. The minimum atomic E-state index is -0.628. The lowest BCUT2D eigenvalue weighted by atomic mass is 10.0. The Bertz CT molecular complexity index is 428. The summed E-state index contributed by atoms with van der Waals surface area (Å²) in [5, 5.41) is 9.47. The Labute approximate surface area is 114 Å². The van der Waals surface area contributed by atoms with Crippen LogP contribution in [0.2, 0.25) is 0 Å². The molecule has 1 fully saturated rings. The highest BCUT2D eigenvalue weighted by atomic mass is 19.1. The van der Waals surface area contributed by atoms with Crippen molar-refractivity contribution < 1.29 is 9.50 Å². The van der Waals surface area contributed by atoms with E-state index >= 15 is 0 Å². The fourth-order valence-electron chi connectivity index (χ4n) is 2.65. The lowest BCUT2D eigenvalue weighted by Gasteiger charge is -2.36. The van der Waals surface area contributed by atoms with Crippen LogP contribution < -0.4 is 4.90 Å². The molecular weight excluding hydrogens is 243 g/mol. The second-order valence-electron chi connectivity index (χ2n) is 5.53. The number of halogens is 1. The van der Waals surface area contributed by atoms with Crippen LogP contribution in [-0.4, -0.2) is 43.2 Å². The molecule has 1 aromatic carbocycles. The highest BCUT2D eigenvalue weighted by Gasteiger charge is 2.22. The molecule has 106 valence electrons. The van der Waals surface area contributed by atoms with E-state index in [0.29, 0.717) is 17.3 Å². The molecule has 0 bridgehead atoms. The second kappa shape index (κ2) is 5.88. The first-order valence-electron chi connectivity index (χ1n) is 6.88. The lowest BCUT2D eigenvalue weighted by Crippen LogP contribution is -2.42. The van der Waals surface area contributed by atoms with Crippen molar-refractivity contribution in [3.05, 3.63) is 29.6 Å². The van der Waals surface area contributed by atoms with E-state index in [1.807, 2.05) is 11.9 Å². The molecule has 0 saturated carbocycles. The number of aliphatic hydroxyl groups excluding tert-OH is 1. The third-order valence-electron chi connectivity index (χ3n) is 4.07. The number of anilines is 1. The largest absolute Gasteiger partial charge is 0.389 e. The molecule has 1 aromatic rings. The van der Waals surface area contributed by atoms with Crippen molar-refractivity contribution in [3.63, 3.8) is 0 Å².